The molecule has 0 aliphatic carbocycles. The fourth-order valence-corrected chi connectivity index (χ4v) is 4.01. The Labute approximate surface area is 152 Å². The Morgan fingerprint density at radius 1 is 1.19 bits per heavy atom. The first-order chi connectivity index (χ1) is 12.2. The van der Waals surface area contributed by atoms with Gasteiger partial charge in [-0.25, -0.2) is 30.9 Å². The maximum atomic E-state index is 14.2. The first-order valence-electron chi connectivity index (χ1n) is 7.15. The van der Waals surface area contributed by atoms with Gasteiger partial charge >= 0.3 is 5.97 Å². The normalized spacial score (nSPS) is 11.7. The number of halogens is 3. The second-order valence-corrected chi connectivity index (χ2v) is 7.52. The molecule has 0 aliphatic heterocycles. The van der Waals surface area contributed by atoms with Gasteiger partial charge in [-0.1, -0.05) is 29.3 Å². The van der Waals surface area contributed by atoms with Crippen molar-refractivity contribution in [2.75, 3.05) is 7.11 Å². The van der Waals surface area contributed by atoms with Gasteiger partial charge in [-0.05, 0) is 25.1 Å². The van der Waals surface area contributed by atoms with E-state index in [1.807, 2.05) is 0 Å². The number of pyridine rings is 1. The highest BCUT2D eigenvalue weighted by atomic mass is 35.5. The number of rotatable bonds is 3. The van der Waals surface area contributed by atoms with Crippen LogP contribution in [0.2, 0.25) is 5.15 Å². The van der Waals surface area contributed by atoms with Gasteiger partial charge in [-0.3, -0.25) is 0 Å². The lowest BCUT2D eigenvalue weighted by atomic mass is 10.2. The van der Waals surface area contributed by atoms with Crippen molar-refractivity contribution in [3.05, 3.63) is 58.4 Å². The Morgan fingerprint density at radius 2 is 1.81 bits per heavy atom. The van der Waals surface area contributed by atoms with Gasteiger partial charge in [0.1, 0.15) is 5.69 Å². The molecular weight excluding hydrogens is 390 g/mol. The van der Waals surface area contributed by atoms with Gasteiger partial charge in [0.15, 0.2) is 22.4 Å². The van der Waals surface area contributed by atoms with E-state index in [9.17, 15) is 22.0 Å². The molecule has 0 saturated heterocycles. The molecule has 0 amide bonds. The van der Waals surface area contributed by atoms with E-state index in [0.717, 1.165) is 18.7 Å². The van der Waals surface area contributed by atoms with Crippen molar-refractivity contribution in [1.29, 1.82) is 0 Å². The highest BCUT2D eigenvalue weighted by Gasteiger charge is 2.30. The van der Waals surface area contributed by atoms with Crippen LogP contribution >= 0.6 is 11.6 Å². The molecule has 6 nitrogen and oxygen atoms in total. The first-order valence-corrected chi connectivity index (χ1v) is 8.96. The van der Waals surface area contributed by atoms with Crippen molar-refractivity contribution >= 4 is 38.6 Å². The smallest absolute Gasteiger partial charge is 0.355 e. The fourth-order valence-electron chi connectivity index (χ4n) is 2.41. The van der Waals surface area contributed by atoms with Gasteiger partial charge in [0.25, 0.3) is 10.0 Å². The molecule has 3 rings (SSSR count). The third-order valence-corrected chi connectivity index (χ3v) is 5.67. The summed E-state index contributed by atoms with van der Waals surface area (Å²) in [5.41, 5.74) is -0.241. The van der Waals surface area contributed by atoms with Crippen LogP contribution in [-0.4, -0.2) is 30.5 Å². The third-order valence-electron chi connectivity index (χ3n) is 3.70. The molecule has 0 aliphatic rings. The summed E-state index contributed by atoms with van der Waals surface area (Å²) >= 11 is 5.55. The zero-order valence-corrected chi connectivity index (χ0v) is 15.0. The monoisotopic (exact) mass is 400 g/mol. The van der Waals surface area contributed by atoms with Crippen LogP contribution in [0.4, 0.5) is 8.78 Å². The van der Waals surface area contributed by atoms with E-state index in [1.165, 1.54) is 12.1 Å². The summed E-state index contributed by atoms with van der Waals surface area (Å²) in [6, 6.07) is 6.60. The maximum Gasteiger partial charge on any atom is 0.355 e. The highest BCUT2D eigenvalue weighted by molar-refractivity contribution is 7.90. The summed E-state index contributed by atoms with van der Waals surface area (Å²) in [6.07, 6.45) is 0. The number of carbonyl (C=O) groups excluding carboxylic acids is 1. The van der Waals surface area contributed by atoms with Gasteiger partial charge in [-0.2, -0.15) is 0 Å². The average Bonchev–Trinajstić information content (AvgIpc) is 2.99. The number of fused-ring (bicyclic) bond motifs is 1. The minimum absolute atomic E-state index is 0.173. The molecule has 3 aromatic rings. The van der Waals surface area contributed by atoms with Crippen LogP contribution in [0.1, 0.15) is 16.1 Å². The molecule has 136 valence electrons. The number of carbonyl (C=O) groups is 1. The highest BCUT2D eigenvalue weighted by Crippen LogP contribution is 2.30. The lowest BCUT2D eigenvalue weighted by molar-refractivity contribution is 0.0593. The molecule has 2 aromatic heterocycles. The van der Waals surface area contributed by atoms with Crippen LogP contribution in [0.15, 0.2) is 35.2 Å². The predicted octanol–water partition coefficient (Wildman–Crippen LogP) is 3.30. The number of esters is 1. The summed E-state index contributed by atoms with van der Waals surface area (Å²) in [7, 11) is -3.34. The van der Waals surface area contributed by atoms with Crippen molar-refractivity contribution in [3.63, 3.8) is 0 Å². The molecule has 1 aromatic carbocycles. The van der Waals surface area contributed by atoms with Gasteiger partial charge < -0.3 is 4.74 Å². The summed E-state index contributed by atoms with van der Waals surface area (Å²) < 4.78 is 59.0. The summed E-state index contributed by atoms with van der Waals surface area (Å²) in [4.78, 5) is 15.5. The van der Waals surface area contributed by atoms with Crippen LogP contribution in [0.5, 0.6) is 0 Å². The van der Waals surface area contributed by atoms with E-state index in [0.29, 0.717) is 3.97 Å². The summed E-state index contributed by atoms with van der Waals surface area (Å²) in [5.74, 6) is -3.92. The molecule has 0 saturated carbocycles. The lowest BCUT2D eigenvalue weighted by Gasteiger charge is -2.11. The first kappa shape index (κ1) is 18.3. The van der Waals surface area contributed by atoms with E-state index in [2.05, 4.69) is 9.72 Å². The number of aryl methyl sites for hydroxylation is 1. The molecule has 0 spiro atoms. The molecule has 2 heterocycles. The van der Waals surface area contributed by atoms with Crippen LogP contribution in [0.3, 0.4) is 0 Å². The minimum Gasteiger partial charge on any atom is -0.464 e. The van der Waals surface area contributed by atoms with Crippen LogP contribution in [0, 0.1) is 18.6 Å². The van der Waals surface area contributed by atoms with E-state index in [1.54, 1.807) is 19.1 Å². The SMILES string of the molecule is COC(=O)c1cc2c(F)c(F)c(Cl)nc2n1S(=O)(=O)c1ccc(C)cc1. The molecule has 0 atom stereocenters. The van der Waals surface area contributed by atoms with Crippen molar-refractivity contribution in [2.24, 2.45) is 0 Å². The summed E-state index contributed by atoms with van der Waals surface area (Å²) in [5, 5.41) is -1.37. The standard InChI is InChI=1S/C16H11ClF2N2O4S/c1-8-3-5-9(6-4-8)26(23,24)21-11(16(22)25-2)7-10-12(18)13(19)14(17)20-15(10)21/h3-7H,1-2H3. The van der Waals surface area contributed by atoms with Crippen molar-refractivity contribution in [3.8, 4) is 0 Å². The Bertz CT molecular complexity index is 1140. The Morgan fingerprint density at radius 3 is 2.38 bits per heavy atom. The van der Waals surface area contributed by atoms with Gasteiger partial charge in [0.05, 0.1) is 17.4 Å². The summed E-state index contributed by atoms with van der Waals surface area (Å²) in [6.45, 7) is 1.76. The second-order valence-electron chi connectivity index (χ2n) is 5.37. The largest absolute Gasteiger partial charge is 0.464 e. The van der Waals surface area contributed by atoms with Crippen LogP contribution in [0.25, 0.3) is 11.0 Å². The number of hydrogen-bond acceptors (Lipinski definition) is 5. The third kappa shape index (κ3) is 2.73. The number of aromatic nitrogens is 2. The number of methoxy groups -OCH3 is 1. The van der Waals surface area contributed by atoms with Crippen molar-refractivity contribution in [1.82, 2.24) is 8.96 Å². The second kappa shape index (κ2) is 6.33. The van der Waals surface area contributed by atoms with Crippen LogP contribution < -0.4 is 0 Å². The molecule has 0 unspecified atom stereocenters. The van der Waals surface area contributed by atoms with E-state index in [-0.39, 0.29) is 4.90 Å². The fraction of sp³-hybridized carbons (Fsp3) is 0.125. The minimum atomic E-state index is -4.37. The van der Waals surface area contributed by atoms with E-state index in [4.69, 9.17) is 11.6 Å². The molecule has 0 fully saturated rings. The molecule has 0 radical (unpaired) electrons. The Kier molecular flexibility index (Phi) is 4.45. The van der Waals surface area contributed by atoms with Gasteiger partial charge in [0, 0.05) is 0 Å². The molecule has 26 heavy (non-hydrogen) atoms. The molecular formula is C16H11ClF2N2O4S. The van der Waals surface area contributed by atoms with Gasteiger partial charge in [-0.15, -0.1) is 0 Å². The quantitative estimate of drug-likeness (QED) is 0.498. The number of hydrogen-bond donors (Lipinski definition) is 0. The Hall–Kier alpha value is -2.52. The topological polar surface area (TPSA) is 78.3 Å². The van der Waals surface area contributed by atoms with Crippen LogP contribution in [-0.2, 0) is 14.8 Å². The number of ether oxygens (including phenoxy) is 1. The van der Waals surface area contributed by atoms with Crippen molar-refractivity contribution < 1.29 is 26.7 Å². The predicted molar refractivity (Wildman–Crippen MR) is 89.8 cm³/mol. The van der Waals surface area contributed by atoms with E-state index < -0.39 is 49.5 Å². The number of benzene rings is 1. The zero-order valence-electron chi connectivity index (χ0n) is 13.5. The van der Waals surface area contributed by atoms with E-state index >= 15 is 0 Å². The lowest BCUT2D eigenvalue weighted by Crippen LogP contribution is -2.19. The van der Waals surface area contributed by atoms with Crippen molar-refractivity contribution in [2.45, 2.75) is 11.8 Å². The average molecular weight is 401 g/mol. The number of nitrogens with zero attached hydrogens (tertiary/aromatic N) is 2. The zero-order chi connectivity index (χ0) is 19.2. The maximum absolute atomic E-state index is 14.2. The molecule has 0 N–H and O–H groups in total. The van der Waals surface area contributed by atoms with Gasteiger partial charge in [0.2, 0.25) is 0 Å². The Balaban J connectivity index is 2.43. The molecule has 10 heteroatoms. The molecule has 0 bridgehead atoms.